The molecule has 0 unspecified atom stereocenters. The Morgan fingerprint density at radius 1 is 1.27 bits per heavy atom. The number of H-pyrrole nitrogens is 1. The molecule has 0 aliphatic rings. The van der Waals surface area contributed by atoms with Crippen molar-refractivity contribution in [3.05, 3.63) is 70.9 Å². The van der Waals surface area contributed by atoms with E-state index in [0.717, 1.165) is 11.1 Å². The van der Waals surface area contributed by atoms with Gasteiger partial charge in [-0.1, -0.05) is 6.07 Å². The lowest BCUT2D eigenvalue weighted by molar-refractivity contribution is -0.102. The minimum Gasteiger partial charge on any atom is -0.381 e. The van der Waals surface area contributed by atoms with E-state index in [-0.39, 0.29) is 11.4 Å². The van der Waals surface area contributed by atoms with Crippen molar-refractivity contribution in [2.75, 3.05) is 5.32 Å². The number of anilines is 1. The summed E-state index contributed by atoms with van der Waals surface area (Å²) in [5, 5.41) is 3.18. The van der Waals surface area contributed by atoms with Gasteiger partial charge in [-0.3, -0.25) is 14.6 Å². The summed E-state index contributed by atoms with van der Waals surface area (Å²) in [5.41, 5.74) is 8.11. The van der Waals surface area contributed by atoms with Crippen LogP contribution in [0.2, 0.25) is 0 Å². The quantitative estimate of drug-likeness (QED) is 0.353. The minimum absolute atomic E-state index is 0.145. The van der Waals surface area contributed by atoms with Crippen molar-refractivity contribution < 1.29 is 4.79 Å². The Hall–Kier alpha value is -3.81. The summed E-state index contributed by atoms with van der Waals surface area (Å²) >= 11 is 0. The molecule has 0 radical (unpaired) electrons. The van der Waals surface area contributed by atoms with Gasteiger partial charge in [0.05, 0.1) is 5.69 Å². The Morgan fingerprint density at radius 3 is 2.85 bits per heavy atom. The first-order valence-electron chi connectivity index (χ1n) is 7.78. The van der Waals surface area contributed by atoms with E-state index in [9.17, 15) is 9.59 Å². The van der Waals surface area contributed by atoms with Gasteiger partial charge in [-0.25, -0.2) is 9.98 Å². The van der Waals surface area contributed by atoms with Gasteiger partial charge in [-0.05, 0) is 29.8 Å². The number of nitrogens with two attached hydrogens (primary N) is 1. The normalized spacial score (nSPS) is 11.2. The highest BCUT2D eigenvalue weighted by molar-refractivity contribution is 6.27. The zero-order chi connectivity index (χ0) is 18.4. The van der Waals surface area contributed by atoms with E-state index >= 15 is 0 Å². The van der Waals surface area contributed by atoms with Crippen LogP contribution in [0.25, 0.3) is 11.3 Å². The van der Waals surface area contributed by atoms with E-state index in [2.05, 4.69) is 25.3 Å². The average molecular weight is 348 g/mol. The van der Waals surface area contributed by atoms with Crippen molar-refractivity contribution in [1.82, 2.24) is 15.0 Å². The molecule has 0 amide bonds. The topological polar surface area (TPSA) is 126 Å². The highest BCUT2D eigenvalue weighted by atomic mass is 16.1. The van der Waals surface area contributed by atoms with E-state index in [1.807, 2.05) is 12.1 Å². The zero-order valence-electron chi connectivity index (χ0n) is 13.7. The van der Waals surface area contributed by atoms with Crippen molar-refractivity contribution in [3.8, 4) is 11.3 Å². The monoisotopic (exact) mass is 348 g/mol. The van der Waals surface area contributed by atoms with Crippen molar-refractivity contribution in [1.29, 1.82) is 0 Å². The van der Waals surface area contributed by atoms with E-state index in [0.29, 0.717) is 30.0 Å². The molecular formula is C18H16N6O2. The molecule has 0 saturated heterocycles. The van der Waals surface area contributed by atoms with Gasteiger partial charge >= 0.3 is 0 Å². The van der Waals surface area contributed by atoms with Gasteiger partial charge in [0.25, 0.3) is 0 Å². The van der Waals surface area contributed by atoms with Gasteiger partial charge in [0.1, 0.15) is 5.69 Å². The fourth-order valence-corrected chi connectivity index (χ4v) is 2.26. The molecule has 4 N–H and O–H groups in total. The molecule has 0 spiro atoms. The first kappa shape index (κ1) is 17.0. The van der Waals surface area contributed by atoms with Crippen LogP contribution in [0, 0.1) is 0 Å². The summed E-state index contributed by atoms with van der Waals surface area (Å²) in [6, 6.07) is 10.3. The number of nitrogens with zero attached hydrogens (tertiary/aromatic N) is 3. The molecule has 0 bridgehead atoms. The van der Waals surface area contributed by atoms with Crippen LogP contribution in [0.4, 0.5) is 11.5 Å². The second-order valence-corrected chi connectivity index (χ2v) is 5.38. The fraction of sp³-hybridized carbons (Fsp3) is 0.0556. The molecule has 0 saturated carbocycles. The molecule has 8 nitrogen and oxygen atoms in total. The number of aldehydes is 1. The van der Waals surface area contributed by atoms with Crippen molar-refractivity contribution in [3.63, 3.8) is 0 Å². The van der Waals surface area contributed by atoms with Gasteiger partial charge in [-0.2, -0.15) is 0 Å². The van der Waals surface area contributed by atoms with Crippen molar-refractivity contribution in [2.24, 2.45) is 10.7 Å². The number of nitrogens with one attached hydrogen (secondary N) is 2. The van der Waals surface area contributed by atoms with Crippen LogP contribution in [0.5, 0.6) is 0 Å². The second kappa shape index (κ2) is 7.84. The van der Waals surface area contributed by atoms with Gasteiger partial charge in [0.2, 0.25) is 5.56 Å². The first-order chi connectivity index (χ1) is 12.7. The summed E-state index contributed by atoms with van der Waals surface area (Å²) in [6.45, 7) is 0.472. The van der Waals surface area contributed by atoms with Gasteiger partial charge in [0.15, 0.2) is 17.9 Å². The average Bonchev–Trinajstić information content (AvgIpc) is 2.68. The number of amidine groups is 1. The predicted molar refractivity (Wildman–Crippen MR) is 99.2 cm³/mol. The molecule has 3 heterocycles. The lowest BCUT2D eigenvalue weighted by atomic mass is 10.2. The molecule has 0 aromatic carbocycles. The molecular weight excluding hydrogens is 332 g/mol. The van der Waals surface area contributed by atoms with Gasteiger partial charge < -0.3 is 16.0 Å². The third-order valence-corrected chi connectivity index (χ3v) is 3.51. The SMILES string of the molecule is NC(C=O)=Nc1ccc(-c2ccc(=O)[nH]c2)nc1NCc1cccnc1. The predicted octanol–water partition coefficient (Wildman–Crippen LogP) is 1.63. The lowest BCUT2D eigenvalue weighted by Gasteiger charge is -2.11. The Morgan fingerprint density at radius 2 is 2.15 bits per heavy atom. The Labute approximate surface area is 148 Å². The number of carbonyl (C=O) groups is 1. The van der Waals surface area contributed by atoms with Crippen LogP contribution in [0.1, 0.15) is 5.56 Å². The Balaban J connectivity index is 1.96. The standard InChI is InChI=1S/C18H16N6O2/c19-16(11-25)23-15-5-4-14(13-3-6-17(26)21-10-13)24-18(15)22-9-12-2-1-7-20-8-12/h1-8,10-11H,9H2,(H2,19,23)(H,21,26)(H,22,24). The molecule has 3 aromatic rings. The Kier molecular flexibility index (Phi) is 5.14. The maximum absolute atomic E-state index is 11.2. The third kappa shape index (κ3) is 4.18. The molecule has 26 heavy (non-hydrogen) atoms. The minimum atomic E-state index is -0.191. The first-order valence-corrected chi connectivity index (χ1v) is 7.78. The van der Waals surface area contributed by atoms with E-state index in [1.165, 1.54) is 6.07 Å². The summed E-state index contributed by atoms with van der Waals surface area (Å²) in [4.78, 5) is 37.3. The number of aromatic amines is 1. The number of hydrogen-bond acceptors (Lipinski definition) is 6. The smallest absolute Gasteiger partial charge is 0.247 e. The number of carbonyl (C=O) groups excluding carboxylic acids is 1. The van der Waals surface area contributed by atoms with Crippen molar-refractivity contribution in [2.45, 2.75) is 6.54 Å². The fourth-order valence-electron chi connectivity index (χ4n) is 2.26. The maximum atomic E-state index is 11.2. The molecule has 3 rings (SSSR count). The molecule has 130 valence electrons. The summed E-state index contributed by atoms with van der Waals surface area (Å²) in [5.74, 6) is 0.315. The van der Waals surface area contributed by atoms with Crippen LogP contribution < -0.4 is 16.6 Å². The van der Waals surface area contributed by atoms with E-state index in [4.69, 9.17) is 5.73 Å². The molecule has 0 aliphatic heterocycles. The molecule has 0 aliphatic carbocycles. The molecule has 0 fully saturated rings. The van der Waals surface area contributed by atoms with Crippen LogP contribution >= 0.6 is 0 Å². The number of hydrogen-bond donors (Lipinski definition) is 3. The van der Waals surface area contributed by atoms with Crippen LogP contribution in [-0.2, 0) is 11.3 Å². The van der Waals surface area contributed by atoms with Crippen molar-refractivity contribution >= 4 is 23.6 Å². The number of rotatable bonds is 6. The number of aromatic nitrogens is 3. The third-order valence-electron chi connectivity index (χ3n) is 3.51. The number of aliphatic imine (C=N–C) groups is 1. The highest BCUT2D eigenvalue weighted by Gasteiger charge is 2.08. The van der Waals surface area contributed by atoms with Gasteiger partial charge in [-0.15, -0.1) is 0 Å². The maximum Gasteiger partial charge on any atom is 0.247 e. The summed E-state index contributed by atoms with van der Waals surface area (Å²) in [7, 11) is 0. The molecule has 8 heteroatoms. The highest BCUT2D eigenvalue weighted by Crippen LogP contribution is 2.27. The van der Waals surface area contributed by atoms with E-state index < -0.39 is 0 Å². The number of pyridine rings is 3. The van der Waals surface area contributed by atoms with Crippen LogP contribution in [-0.4, -0.2) is 27.1 Å². The zero-order valence-corrected chi connectivity index (χ0v) is 13.7. The second-order valence-electron chi connectivity index (χ2n) is 5.38. The molecule has 3 aromatic heterocycles. The largest absolute Gasteiger partial charge is 0.381 e. The molecule has 0 atom stereocenters. The summed E-state index contributed by atoms with van der Waals surface area (Å²) in [6.07, 6.45) is 5.49. The lowest BCUT2D eigenvalue weighted by Crippen LogP contribution is -2.12. The van der Waals surface area contributed by atoms with Crippen LogP contribution in [0.15, 0.2) is 64.8 Å². The van der Waals surface area contributed by atoms with Crippen LogP contribution in [0.3, 0.4) is 0 Å². The Bertz CT molecular complexity index is 978. The summed E-state index contributed by atoms with van der Waals surface area (Å²) < 4.78 is 0. The van der Waals surface area contributed by atoms with E-state index in [1.54, 1.807) is 36.8 Å². The van der Waals surface area contributed by atoms with Gasteiger partial charge in [0, 0.05) is 36.8 Å².